The molecule has 4 aromatic rings. The summed E-state index contributed by atoms with van der Waals surface area (Å²) in [6, 6.07) is 19.0. The highest BCUT2D eigenvalue weighted by molar-refractivity contribution is 6.39. The molecule has 5 nitrogen and oxygen atoms in total. The number of hydrogen-bond donors (Lipinski definition) is 1. The van der Waals surface area contributed by atoms with E-state index in [0.717, 1.165) is 49.5 Å². The number of carbonyl (C=O) groups is 1. The smallest absolute Gasteiger partial charge is 0.150 e. The van der Waals surface area contributed by atoms with Crippen molar-refractivity contribution in [3.8, 4) is 17.0 Å². The second-order valence-corrected chi connectivity index (χ2v) is 10.7. The van der Waals surface area contributed by atoms with Gasteiger partial charge >= 0.3 is 0 Å². The number of nitrogens with zero attached hydrogens (tertiary/aromatic N) is 1. The third kappa shape index (κ3) is 5.48. The Morgan fingerprint density at radius 1 is 0.974 bits per heavy atom. The second kappa shape index (κ2) is 11.5. The van der Waals surface area contributed by atoms with E-state index in [1.165, 1.54) is 5.56 Å². The maximum absolute atomic E-state index is 11.1. The summed E-state index contributed by atoms with van der Waals surface area (Å²) in [5.74, 6) is 2.56. The van der Waals surface area contributed by atoms with Gasteiger partial charge in [0, 0.05) is 29.2 Å². The molecule has 0 amide bonds. The van der Waals surface area contributed by atoms with Crippen molar-refractivity contribution in [1.29, 1.82) is 0 Å². The average molecular weight is 571 g/mol. The van der Waals surface area contributed by atoms with Gasteiger partial charge in [-0.3, -0.25) is 4.79 Å². The minimum Gasteiger partial charge on any atom is -0.489 e. The van der Waals surface area contributed by atoms with Gasteiger partial charge in [-0.15, -0.1) is 0 Å². The van der Waals surface area contributed by atoms with E-state index in [4.69, 9.17) is 49.2 Å². The van der Waals surface area contributed by atoms with Gasteiger partial charge in [0.25, 0.3) is 0 Å². The Kier molecular flexibility index (Phi) is 8.10. The molecule has 0 radical (unpaired) electrons. The summed E-state index contributed by atoms with van der Waals surface area (Å²) in [4.78, 5) is 11.1. The first-order chi connectivity index (χ1) is 18.5. The quantitative estimate of drug-likeness (QED) is 0.215. The zero-order valence-corrected chi connectivity index (χ0v) is 22.9. The fraction of sp³-hybridized carbons (Fsp3) is 0.267. The number of aromatic nitrogens is 1. The number of halogens is 3. The van der Waals surface area contributed by atoms with E-state index in [1.54, 1.807) is 18.2 Å². The molecule has 8 heteroatoms. The summed E-state index contributed by atoms with van der Waals surface area (Å²) in [5, 5.41) is 13.0. The molecule has 0 aliphatic heterocycles. The summed E-state index contributed by atoms with van der Waals surface area (Å²) in [6.45, 7) is 0.270. The normalized spacial score (nSPS) is 17.9. The number of aliphatic hydroxyl groups excluding tert-OH is 1. The highest BCUT2D eigenvalue weighted by Gasteiger charge is 2.40. The summed E-state index contributed by atoms with van der Waals surface area (Å²) >= 11 is 19.6. The molecule has 1 N–H and O–H groups in total. The van der Waals surface area contributed by atoms with Crippen molar-refractivity contribution in [2.24, 2.45) is 0 Å². The molecule has 2 saturated carbocycles. The number of benzene rings is 3. The molecule has 2 unspecified atom stereocenters. The van der Waals surface area contributed by atoms with E-state index < -0.39 is 0 Å². The van der Waals surface area contributed by atoms with Crippen LogP contribution in [0.5, 0.6) is 5.75 Å². The Morgan fingerprint density at radius 2 is 1.71 bits per heavy atom. The van der Waals surface area contributed by atoms with Gasteiger partial charge in [0.05, 0.1) is 15.6 Å². The maximum atomic E-state index is 11.1. The number of hydrogen-bond acceptors (Lipinski definition) is 5. The molecule has 3 aromatic carbocycles. The van der Waals surface area contributed by atoms with Crippen LogP contribution in [0.4, 0.5) is 0 Å². The fourth-order valence-corrected chi connectivity index (χ4v) is 5.76. The van der Waals surface area contributed by atoms with Crippen LogP contribution < -0.4 is 4.74 Å². The monoisotopic (exact) mass is 569 g/mol. The van der Waals surface area contributed by atoms with Crippen molar-refractivity contribution in [3.63, 3.8) is 0 Å². The van der Waals surface area contributed by atoms with Gasteiger partial charge in [0.2, 0.25) is 0 Å². The van der Waals surface area contributed by atoms with E-state index in [0.29, 0.717) is 55.4 Å². The fourth-order valence-electron chi connectivity index (χ4n) is 4.87. The van der Waals surface area contributed by atoms with Gasteiger partial charge in [-0.1, -0.05) is 70.3 Å². The van der Waals surface area contributed by atoms with Crippen molar-refractivity contribution in [3.05, 3.63) is 104 Å². The highest BCUT2D eigenvalue weighted by Crippen LogP contribution is 2.56. The van der Waals surface area contributed by atoms with Crippen molar-refractivity contribution < 1.29 is 19.2 Å². The van der Waals surface area contributed by atoms with Crippen LogP contribution in [-0.4, -0.2) is 23.7 Å². The molecule has 196 valence electrons. The molecule has 1 aromatic heterocycles. The van der Waals surface area contributed by atoms with Gasteiger partial charge < -0.3 is 14.4 Å². The lowest BCUT2D eigenvalue weighted by Gasteiger charge is -2.11. The van der Waals surface area contributed by atoms with Crippen molar-refractivity contribution in [1.82, 2.24) is 5.16 Å². The van der Waals surface area contributed by atoms with Gasteiger partial charge in [-0.25, -0.2) is 0 Å². The Balaban J connectivity index is 0.00000144. The van der Waals surface area contributed by atoms with Crippen LogP contribution in [0, 0.1) is 0 Å². The summed E-state index contributed by atoms with van der Waals surface area (Å²) in [6.07, 6.45) is 4.03. The SMILES string of the molecule is CO.O=Cc1cccc(C2CC2c2ccc(OCc3c(-c4c(Cl)cccc4Cl)noc3C3CC3)cc2Cl)c1. The van der Waals surface area contributed by atoms with Crippen LogP contribution in [0.1, 0.15) is 69.8 Å². The summed E-state index contributed by atoms with van der Waals surface area (Å²) < 4.78 is 11.9. The molecule has 2 aliphatic rings. The van der Waals surface area contributed by atoms with Crippen molar-refractivity contribution >= 4 is 41.1 Å². The number of ether oxygens (including phenoxy) is 1. The average Bonchev–Trinajstić information content (AvgIpc) is 3.87. The molecule has 0 saturated heterocycles. The molecule has 2 atom stereocenters. The number of aliphatic hydroxyl groups is 1. The molecule has 2 fully saturated rings. The van der Waals surface area contributed by atoms with Crippen molar-refractivity contribution in [2.75, 3.05) is 7.11 Å². The molecule has 6 rings (SSSR count). The first kappa shape index (κ1) is 26.8. The standard InChI is InChI=1S/C29H22Cl3NO3.CH4O/c30-24-5-2-6-25(31)27(24)28-23(29(36-33-28)17-7-8-17)15-35-19-9-10-20(26(32)12-19)22-13-21(22)18-4-1-3-16(11-18)14-34;1-2/h1-6,9-12,14,17,21-22H,7-8,13,15H2;2H,1H3. The van der Waals surface area contributed by atoms with E-state index in [9.17, 15) is 4.79 Å². The first-order valence-electron chi connectivity index (χ1n) is 12.4. The van der Waals surface area contributed by atoms with E-state index >= 15 is 0 Å². The molecule has 1 heterocycles. The molecule has 2 aliphatic carbocycles. The zero-order valence-electron chi connectivity index (χ0n) is 20.7. The predicted octanol–water partition coefficient (Wildman–Crippen LogP) is 8.45. The highest BCUT2D eigenvalue weighted by atomic mass is 35.5. The number of carbonyl (C=O) groups excluding carboxylic acids is 1. The van der Waals surface area contributed by atoms with Gasteiger partial charge in [0.15, 0.2) is 0 Å². The van der Waals surface area contributed by atoms with Crippen LogP contribution in [0.25, 0.3) is 11.3 Å². The number of rotatable bonds is 8. The number of aldehydes is 1. The second-order valence-electron chi connectivity index (χ2n) is 9.45. The summed E-state index contributed by atoms with van der Waals surface area (Å²) in [7, 11) is 1.00. The van der Waals surface area contributed by atoms with Crippen molar-refractivity contribution in [2.45, 2.75) is 43.6 Å². The Labute approximate surface area is 236 Å². The minimum atomic E-state index is 0.270. The Morgan fingerprint density at radius 3 is 2.39 bits per heavy atom. The largest absolute Gasteiger partial charge is 0.489 e. The molecule has 0 bridgehead atoms. The van der Waals surface area contributed by atoms with Crippen LogP contribution >= 0.6 is 34.8 Å². The van der Waals surface area contributed by atoms with Gasteiger partial charge in [0.1, 0.15) is 30.1 Å². The first-order valence-corrected chi connectivity index (χ1v) is 13.5. The van der Waals surface area contributed by atoms with Crippen LogP contribution in [0.3, 0.4) is 0 Å². The van der Waals surface area contributed by atoms with Crippen LogP contribution in [0.2, 0.25) is 15.1 Å². The molecule has 38 heavy (non-hydrogen) atoms. The zero-order chi connectivity index (χ0) is 26.8. The lowest BCUT2D eigenvalue weighted by atomic mass is 10.0. The van der Waals surface area contributed by atoms with Gasteiger partial charge in [-0.2, -0.15) is 0 Å². The van der Waals surface area contributed by atoms with Crippen LogP contribution in [-0.2, 0) is 6.61 Å². The Hall–Kier alpha value is -2.83. The Bertz CT molecular complexity index is 1440. The minimum absolute atomic E-state index is 0.270. The van der Waals surface area contributed by atoms with E-state index in [1.807, 2.05) is 36.4 Å². The predicted molar refractivity (Wildman–Crippen MR) is 150 cm³/mol. The molecule has 0 spiro atoms. The lowest BCUT2D eigenvalue weighted by molar-refractivity contribution is 0.112. The third-order valence-electron chi connectivity index (χ3n) is 6.99. The van der Waals surface area contributed by atoms with Crippen LogP contribution in [0.15, 0.2) is 65.2 Å². The third-order valence-corrected chi connectivity index (χ3v) is 7.94. The topological polar surface area (TPSA) is 72.6 Å². The van der Waals surface area contributed by atoms with E-state index in [-0.39, 0.29) is 6.61 Å². The van der Waals surface area contributed by atoms with Gasteiger partial charge in [-0.05, 0) is 72.6 Å². The molecular formula is C30H26Cl3NO4. The van der Waals surface area contributed by atoms with E-state index in [2.05, 4.69) is 11.2 Å². The maximum Gasteiger partial charge on any atom is 0.150 e. The summed E-state index contributed by atoms with van der Waals surface area (Å²) in [5.41, 5.74) is 5.11. The molecular weight excluding hydrogens is 545 g/mol. The lowest BCUT2D eigenvalue weighted by Crippen LogP contribution is -2.00.